The molecule has 3 rings (SSSR count). The summed E-state index contributed by atoms with van der Waals surface area (Å²) < 4.78 is 1.82. The van der Waals surface area contributed by atoms with E-state index in [-0.39, 0.29) is 0 Å². The molecular weight excluding hydrogens is 214 g/mol. The van der Waals surface area contributed by atoms with E-state index in [0.717, 1.165) is 30.7 Å². The van der Waals surface area contributed by atoms with Crippen LogP contribution in [-0.2, 0) is 7.05 Å². The molecule has 5 heteroatoms. The molecule has 90 valence electrons. The van der Waals surface area contributed by atoms with Gasteiger partial charge in [0.1, 0.15) is 5.52 Å². The van der Waals surface area contributed by atoms with Crippen LogP contribution in [0.3, 0.4) is 0 Å². The van der Waals surface area contributed by atoms with Gasteiger partial charge in [-0.3, -0.25) is 0 Å². The van der Waals surface area contributed by atoms with Crippen molar-refractivity contribution < 1.29 is 0 Å². The number of aromatic nitrogens is 3. The molecule has 1 fully saturated rings. The number of rotatable bonds is 1. The maximum absolute atomic E-state index is 4.27. The largest absolute Gasteiger partial charge is 0.367 e. The summed E-state index contributed by atoms with van der Waals surface area (Å²) in [5.74, 6) is 0. The van der Waals surface area contributed by atoms with Gasteiger partial charge in [0, 0.05) is 32.7 Å². The Morgan fingerprint density at radius 2 is 2.29 bits per heavy atom. The standard InChI is InChI=1S/C12H17N5/c1-9-8-17(7-6-13-9)11-5-3-4-10-12(11)14-15-16(10)2/h3-5,9,13H,6-8H2,1-2H3. The van der Waals surface area contributed by atoms with Gasteiger partial charge < -0.3 is 10.2 Å². The zero-order valence-electron chi connectivity index (χ0n) is 10.2. The first-order valence-corrected chi connectivity index (χ1v) is 6.02. The fourth-order valence-electron chi connectivity index (χ4n) is 2.45. The van der Waals surface area contributed by atoms with Crippen molar-refractivity contribution in [3.8, 4) is 0 Å². The monoisotopic (exact) mass is 231 g/mol. The summed E-state index contributed by atoms with van der Waals surface area (Å²) in [5, 5.41) is 11.8. The van der Waals surface area contributed by atoms with Crippen LogP contribution in [0.4, 0.5) is 5.69 Å². The number of anilines is 1. The Morgan fingerprint density at radius 1 is 1.41 bits per heavy atom. The number of hydrogen-bond acceptors (Lipinski definition) is 4. The molecular formula is C12H17N5. The quantitative estimate of drug-likeness (QED) is 0.787. The van der Waals surface area contributed by atoms with Gasteiger partial charge in [-0.1, -0.05) is 11.3 Å². The van der Waals surface area contributed by atoms with Gasteiger partial charge in [-0.15, -0.1) is 5.10 Å². The zero-order valence-corrected chi connectivity index (χ0v) is 10.2. The topological polar surface area (TPSA) is 46.0 Å². The average molecular weight is 231 g/mol. The summed E-state index contributed by atoms with van der Waals surface area (Å²) in [7, 11) is 1.93. The molecule has 1 atom stereocenters. The van der Waals surface area contributed by atoms with Crippen molar-refractivity contribution in [3.63, 3.8) is 0 Å². The van der Waals surface area contributed by atoms with E-state index in [2.05, 4.69) is 45.7 Å². The molecule has 1 aliphatic rings. The van der Waals surface area contributed by atoms with Crippen molar-refractivity contribution in [2.45, 2.75) is 13.0 Å². The molecule has 2 aromatic rings. The minimum atomic E-state index is 0.524. The van der Waals surface area contributed by atoms with Crippen molar-refractivity contribution >= 4 is 16.7 Å². The molecule has 17 heavy (non-hydrogen) atoms. The highest BCUT2D eigenvalue weighted by Gasteiger charge is 2.19. The first-order valence-electron chi connectivity index (χ1n) is 6.02. The maximum atomic E-state index is 4.27. The Morgan fingerprint density at radius 3 is 3.12 bits per heavy atom. The van der Waals surface area contributed by atoms with Crippen LogP contribution < -0.4 is 10.2 Å². The molecule has 1 N–H and O–H groups in total. The molecule has 1 saturated heterocycles. The summed E-state index contributed by atoms with van der Waals surface area (Å²) in [6, 6.07) is 6.79. The highest BCUT2D eigenvalue weighted by molar-refractivity contribution is 5.88. The van der Waals surface area contributed by atoms with Gasteiger partial charge in [-0.05, 0) is 19.1 Å². The van der Waals surface area contributed by atoms with Crippen LogP contribution in [0.15, 0.2) is 18.2 Å². The molecule has 0 amide bonds. The fraction of sp³-hybridized carbons (Fsp3) is 0.500. The van der Waals surface area contributed by atoms with E-state index >= 15 is 0 Å². The molecule has 0 bridgehead atoms. The molecule has 1 aromatic heterocycles. The Balaban J connectivity index is 2.04. The van der Waals surface area contributed by atoms with Gasteiger partial charge in [0.15, 0.2) is 0 Å². The fourth-order valence-corrected chi connectivity index (χ4v) is 2.45. The molecule has 0 saturated carbocycles. The van der Waals surface area contributed by atoms with Gasteiger partial charge in [-0.25, -0.2) is 4.68 Å². The molecule has 0 spiro atoms. The van der Waals surface area contributed by atoms with E-state index in [9.17, 15) is 0 Å². The van der Waals surface area contributed by atoms with Gasteiger partial charge in [-0.2, -0.15) is 0 Å². The average Bonchev–Trinajstić information content (AvgIpc) is 2.71. The smallest absolute Gasteiger partial charge is 0.136 e. The summed E-state index contributed by atoms with van der Waals surface area (Å²) in [6.07, 6.45) is 0. The highest BCUT2D eigenvalue weighted by Crippen LogP contribution is 2.25. The van der Waals surface area contributed by atoms with E-state index in [1.54, 1.807) is 0 Å². The van der Waals surface area contributed by atoms with Crippen molar-refractivity contribution in [2.75, 3.05) is 24.5 Å². The van der Waals surface area contributed by atoms with Crippen LogP contribution in [0.25, 0.3) is 11.0 Å². The molecule has 1 aromatic carbocycles. The summed E-state index contributed by atoms with van der Waals surface area (Å²) in [4.78, 5) is 2.39. The van der Waals surface area contributed by atoms with Crippen LogP contribution in [0.1, 0.15) is 6.92 Å². The Labute approximate surface area is 100 Å². The third-order valence-electron chi connectivity index (χ3n) is 3.33. The van der Waals surface area contributed by atoms with Crippen molar-refractivity contribution in [2.24, 2.45) is 7.05 Å². The van der Waals surface area contributed by atoms with E-state index in [1.807, 2.05) is 11.7 Å². The number of benzene rings is 1. The van der Waals surface area contributed by atoms with E-state index < -0.39 is 0 Å². The van der Waals surface area contributed by atoms with Gasteiger partial charge >= 0.3 is 0 Å². The second kappa shape index (κ2) is 4.00. The number of aryl methyl sites for hydroxylation is 1. The molecule has 1 aliphatic heterocycles. The van der Waals surface area contributed by atoms with Gasteiger partial charge in [0.25, 0.3) is 0 Å². The third-order valence-corrected chi connectivity index (χ3v) is 3.33. The first kappa shape index (κ1) is 10.5. The number of nitrogens with zero attached hydrogens (tertiary/aromatic N) is 4. The molecule has 1 unspecified atom stereocenters. The van der Waals surface area contributed by atoms with Crippen molar-refractivity contribution in [3.05, 3.63) is 18.2 Å². The maximum Gasteiger partial charge on any atom is 0.136 e. The predicted octanol–water partition coefficient (Wildman–Crippen LogP) is 0.766. The molecule has 2 heterocycles. The Hall–Kier alpha value is -1.62. The molecule has 0 aliphatic carbocycles. The summed E-state index contributed by atoms with van der Waals surface area (Å²) in [5.41, 5.74) is 3.29. The molecule has 5 nitrogen and oxygen atoms in total. The van der Waals surface area contributed by atoms with Crippen LogP contribution in [0, 0.1) is 0 Å². The second-order valence-corrected chi connectivity index (χ2v) is 4.66. The zero-order chi connectivity index (χ0) is 11.8. The second-order valence-electron chi connectivity index (χ2n) is 4.66. The van der Waals surface area contributed by atoms with E-state index in [1.165, 1.54) is 5.69 Å². The lowest BCUT2D eigenvalue weighted by molar-refractivity contribution is 0.485. The SMILES string of the molecule is CC1CN(c2cccc3c2nnn3C)CCN1. The number of piperazine rings is 1. The summed E-state index contributed by atoms with van der Waals surface area (Å²) in [6.45, 7) is 5.29. The van der Waals surface area contributed by atoms with E-state index in [4.69, 9.17) is 0 Å². The normalized spacial score (nSPS) is 21.1. The summed E-state index contributed by atoms with van der Waals surface area (Å²) >= 11 is 0. The molecule has 0 radical (unpaired) electrons. The number of nitrogens with one attached hydrogen (secondary N) is 1. The van der Waals surface area contributed by atoms with Crippen LogP contribution in [0.5, 0.6) is 0 Å². The third kappa shape index (κ3) is 1.76. The van der Waals surface area contributed by atoms with E-state index in [0.29, 0.717) is 6.04 Å². The lowest BCUT2D eigenvalue weighted by Crippen LogP contribution is -2.49. The minimum absolute atomic E-state index is 0.524. The Bertz CT molecular complexity index is 533. The van der Waals surface area contributed by atoms with Crippen LogP contribution in [-0.4, -0.2) is 40.7 Å². The number of hydrogen-bond donors (Lipinski definition) is 1. The minimum Gasteiger partial charge on any atom is -0.367 e. The van der Waals surface area contributed by atoms with Gasteiger partial charge in [0.05, 0.1) is 11.2 Å². The van der Waals surface area contributed by atoms with Crippen molar-refractivity contribution in [1.82, 2.24) is 20.3 Å². The highest BCUT2D eigenvalue weighted by atomic mass is 15.4. The van der Waals surface area contributed by atoms with Crippen LogP contribution >= 0.6 is 0 Å². The van der Waals surface area contributed by atoms with Crippen molar-refractivity contribution in [1.29, 1.82) is 0 Å². The van der Waals surface area contributed by atoms with Gasteiger partial charge in [0.2, 0.25) is 0 Å². The lowest BCUT2D eigenvalue weighted by Gasteiger charge is -2.33. The first-order chi connectivity index (χ1) is 8.25. The number of fused-ring (bicyclic) bond motifs is 1. The Kier molecular flexibility index (Phi) is 2.48. The lowest BCUT2D eigenvalue weighted by atomic mass is 10.2. The van der Waals surface area contributed by atoms with Crippen LogP contribution in [0.2, 0.25) is 0 Å². The predicted molar refractivity (Wildman–Crippen MR) is 68.2 cm³/mol.